The average molecular weight is 391 g/mol. The van der Waals surface area contributed by atoms with Gasteiger partial charge in [0.2, 0.25) is 0 Å². The largest absolute Gasteiger partial charge is 0.201 e. The molecule has 2 heteroatoms. The summed E-state index contributed by atoms with van der Waals surface area (Å²) in [5.74, 6) is 0. The van der Waals surface area contributed by atoms with E-state index >= 15 is 0 Å². The van der Waals surface area contributed by atoms with E-state index in [9.17, 15) is 0 Å². The number of hydrogen-bond acceptors (Lipinski definition) is 0. The number of benzene rings is 2. The molecule has 0 spiro atoms. The summed E-state index contributed by atoms with van der Waals surface area (Å²) in [6.07, 6.45) is 14.7. The van der Waals surface area contributed by atoms with Gasteiger partial charge in [-0.25, -0.2) is 9.13 Å². The first-order chi connectivity index (χ1) is 14.8. The lowest BCUT2D eigenvalue weighted by molar-refractivity contribution is -0.688. The topological polar surface area (TPSA) is 7.76 Å². The van der Waals surface area contributed by atoms with E-state index in [2.05, 4.69) is 125 Å². The Hall–Kier alpha value is -3.78. The van der Waals surface area contributed by atoms with E-state index in [1.807, 2.05) is 12.1 Å². The van der Waals surface area contributed by atoms with Gasteiger partial charge in [0.1, 0.15) is 0 Å². The van der Waals surface area contributed by atoms with Crippen LogP contribution in [-0.2, 0) is 13.1 Å². The van der Waals surface area contributed by atoms with Crippen molar-refractivity contribution in [1.82, 2.24) is 0 Å². The minimum atomic E-state index is 0.863. The van der Waals surface area contributed by atoms with E-state index in [0.717, 1.165) is 18.7 Å². The molecule has 0 unspecified atom stereocenters. The van der Waals surface area contributed by atoms with E-state index in [1.165, 1.54) is 22.3 Å². The highest BCUT2D eigenvalue weighted by Gasteiger charge is 2.03. The standard InChI is InChI=1S/C28H26N2/c1-2-24-8-12-28(13-9-24)23-30-20-16-26(17-21-30)11-10-25-14-18-29(19-15-25)22-27-6-4-3-5-7-27/h2-21H,1,22-23H2/q+2/b11-10+. The van der Waals surface area contributed by atoms with Crippen molar-refractivity contribution in [3.8, 4) is 0 Å². The van der Waals surface area contributed by atoms with Crippen LogP contribution in [0.4, 0.5) is 0 Å². The van der Waals surface area contributed by atoms with Gasteiger partial charge in [-0.15, -0.1) is 0 Å². The molecule has 0 aliphatic carbocycles. The maximum absolute atomic E-state index is 3.80. The lowest BCUT2D eigenvalue weighted by atomic mass is 10.1. The number of rotatable bonds is 7. The van der Waals surface area contributed by atoms with Crippen molar-refractivity contribution in [3.63, 3.8) is 0 Å². The fraction of sp³-hybridized carbons (Fsp3) is 0.0714. The molecule has 30 heavy (non-hydrogen) atoms. The van der Waals surface area contributed by atoms with Crippen LogP contribution < -0.4 is 9.13 Å². The summed E-state index contributed by atoms with van der Waals surface area (Å²) in [7, 11) is 0. The van der Waals surface area contributed by atoms with Crippen LogP contribution in [-0.4, -0.2) is 0 Å². The Morgan fingerprint density at radius 1 is 0.533 bits per heavy atom. The van der Waals surface area contributed by atoms with Crippen molar-refractivity contribution in [3.05, 3.63) is 138 Å². The van der Waals surface area contributed by atoms with Crippen LogP contribution in [0.25, 0.3) is 18.2 Å². The van der Waals surface area contributed by atoms with Gasteiger partial charge in [-0.3, -0.25) is 0 Å². The van der Waals surface area contributed by atoms with Gasteiger partial charge in [0.15, 0.2) is 37.9 Å². The minimum absolute atomic E-state index is 0.863. The molecule has 146 valence electrons. The Labute approximate surface area is 178 Å². The molecule has 2 aromatic heterocycles. The van der Waals surface area contributed by atoms with E-state index < -0.39 is 0 Å². The van der Waals surface area contributed by atoms with Crippen molar-refractivity contribution >= 4 is 18.2 Å². The van der Waals surface area contributed by atoms with Crippen LogP contribution in [0.3, 0.4) is 0 Å². The summed E-state index contributed by atoms with van der Waals surface area (Å²) in [5, 5.41) is 0. The Bertz CT molecular complexity index is 1110. The number of nitrogens with zero attached hydrogens (tertiary/aromatic N) is 2. The smallest absolute Gasteiger partial charge is 0.173 e. The first-order valence-electron chi connectivity index (χ1n) is 10.2. The lowest BCUT2D eigenvalue weighted by Crippen LogP contribution is -2.33. The van der Waals surface area contributed by atoms with Crippen LogP contribution >= 0.6 is 0 Å². The van der Waals surface area contributed by atoms with Crippen LogP contribution in [0.2, 0.25) is 0 Å². The van der Waals surface area contributed by atoms with Crippen molar-refractivity contribution in [2.75, 3.05) is 0 Å². The summed E-state index contributed by atoms with van der Waals surface area (Å²) >= 11 is 0. The Balaban J connectivity index is 1.36. The molecule has 0 fully saturated rings. The van der Waals surface area contributed by atoms with Gasteiger partial charge >= 0.3 is 0 Å². The first kappa shape index (κ1) is 19.5. The molecule has 0 atom stereocenters. The summed E-state index contributed by atoms with van der Waals surface area (Å²) in [6.45, 7) is 5.55. The Morgan fingerprint density at radius 3 is 1.47 bits per heavy atom. The maximum atomic E-state index is 3.80. The molecule has 0 aliphatic rings. The van der Waals surface area contributed by atoms with Gasteiger partial charge in [0.05, 0.1) is 0 Å². The molecule has 2 aromatic carbocycles. The third kappa shape index (κ3) is 5.39. The highest BCUT2D eigenvalue weighted by molar-refractivity contribution is 5.68. The first-order valence-corrected chi connectivity index (χ1v) is 10.2. The van der Waals surface area contributed by atoms with Gasteiger partial charge in [0.25, 0.3) is 0 Å². The zero-order chi connectivity index (χ0) is 20.6. The minimum Gasteiger partial charge on any atom is -0.201 e. The third-order valence-electron chi connectivity index (χ3n) is 5.09. The second-order valence-corrected chi connectivity index (χ2v) is 7.37. The third-order valence-corrected chi connectivity index (χ3v) is 5.09. The quantitative estimate of drug-likeness (QED) is 0.385. The molecule has 0 aliphatic heterocycles. The predicted octanol–water partition coefficient (Wildman–Crippen LogP) is 5.17. The van der Waals surface area contributed by atoms with E-state index in [0.29, 0.717) is 0 Å². The molecule has 2 nitrogen and oxygen atoms in total. The molecule has 2 heterocycles. The SMILES string of the molecule is C=Cc1ccc(C[n+]2ccc(/C=C/c3cc[n+](Cc4ccccc4)cc3)cc2)cc1. The Morgan fingerprint density at radius 2 is 1.00 bits per heavy atom. The lowest BCUT2D eigenvalue weighted by Gasteiger charge is -2.00. The monoisotopic (exact) mass is 390 g/mol. The second kappa shape index (κ2) is 9.62. The van der Waals surface area contributed by atoms with Crippen molar-refractivity contribution < 1.29 is 9.13 Å². The average Bonchev–Trinajstić information content (AvgIpc) is 2.81. The van der Waals surface area contributed by atoms with Crippen LogP contribution in [0.15, 0.2) is 110 Å². The number of aromatic nitrogens is 2. The predicted molar refractivity (Wildman–Crippen MR) is 123 cm³/mol. The zero-order valence-electron chi connectivity index (χ0n) is 17.1. The number of pyridine rings is 2. The summed E-state index contributed by atoms with van der Waals surface area (Å²) in [5.41, 5.74) is 6.12. The summed E-state index contributed by atoms with van der Waals surface area (Å²) in [6, 6.07) is 27.6. The van der Waals surface area contributed by atoms with Crippen molar-refractivity contribution in [2.24, 2.45) is 0 Å². The van der Waals surface area contributed by atoms with E-state index in [1.54, 1.807) is 0 Å². The van der Waals surface area contributed by atoms with Crippen LogP contribution in [0, 0.1) is 0 Å². The normalized spacial score (nSPS) is 10.9. The van der Waals surface area contributed by atoms with Gasteiger partial charge in [-0.1, -0.05) is 79.4 Å². The number of hydrogen-bond donors (Lipinski definition) is 0. The van der Waals surface area contributed by atoms with E-state index in [4.69, 9.17) is 0 Å². The fourth-order valence-electron chi connectivity index (χ4n) is 3.33. The molecule has 0 N–H and O–H groups in total. The fourth-order valence-corrected chi connectivity index (χ4v) is 3.33. The molecule has 4 rings (SSSR count). The second-order valence-electron chi connectivity index (χ2n) is 7.37. The van der Waals surface area contributed by atoms with E-state index in [-0.39, 0.29) is 0 Å². The molecule has 0 saturated carbocycles. The highest BCUT2D eigenvalue weighted by atomic mass is 14.9. The Kier molecular flexibility index (Phi) is 6.26. The molecular formula is C28H26N2+2. The van der Waals surface area contributed by atoms with Gasteiger partial charge < -0.3 is 0 Å². The van der Waals surface area contributed by atoms with Crippen LogP contribution in [0.5, 0.6) is 0 Å². The summed E-state index contributed by atoms with van der Waals surface area (Å²) in [4.78, 5) is 0. The van der Waals surface area contributed by atoms with Gasteiger partial charge in [0, 0.05) is 35.4 Å². The van der Waals surface area contributed by atoms with Crippen molar-refractivity contribution in [1.29, 1.82) is 0 Å². The highest BCUT2D eigenvalue weighted by Crippen LogP contribution is 2.08. The molecule has 4 aromatic rings. The maximum Gasteiger partial charge on any atom is 0.173 e. The molecule has 0 amide bonds. The van der Waals surface area contributed by atoms with Gasteiger partial charge in [-0.2, -0.15) is 0 Å². The van der Waals surface area contributed by atoms with Gasteiger partial charge in [-0.05, 0) is 16.7 Å². The zero-order valence-corrected chi connectivity index (χ0v) is 17.1. The van der Waals surface area contributed by atoms with Crippen LogP contribution in [0.1, 0.15) is 27.8 Å². The molecule has 0 radical (unpaired) electrons. The van der Waals surface area contributed by atoms with Crippen molar-refractivity contribution in [2.45, 2.75) is 13.1 Å². The molecule has 0 saturated heterocycles. The molecule has 0 bridgehead atoms. The summed E-state index contributed by atoms with van der Waals surface area (Å²) < 4.78 is 4.38. The molecular weight excluding hydrogens is 364 g/mol.